The van der Waals surface area contributed by atoms with E-state index in [2.05, 4.69) is 0 Å². The molecular weight excluding hydrogens is 356 g/mol. The van der Waals surface area contributed by atoms with Crippen molar-refractivity contribution < 1.29 is 19.4 Å². The Kier molecular flexibility index (Phi) is 5.87. The third kappa shape index (κ3) is 4.09. The summed E-state index contributed by atoms with van der Waals surface area (Å²) in [4.78, 5) is 34.8. The first-order chi connectivity index (χ1) is 12.8. The Labute approximate surface area is 154 Å². The molecule has 1 unspecified atom stereocenters. The van der Waals surface area contributed by atoms with Gasteiger partial charge in [0.2, 0.25) is 0 Å². The zero-order valence-electron chi connectivity index (χ0n) is 14.6. The predicted molar refractivity (Wildman–Crippen MR) is 92.7 cm³/mol. The molecule has 27 heavy (non-hydrogen) atoms. The van der Waals surface area contributed by atoms with Crippen molar-refractivity contribution in [1.82, 2.24) is 4.90 Å². The van der Waals surface area contributed by atoms with Gasteiger partial charge in [0.1, 0.15) is 6.61 Å². The van der Waals surface area contributed by atoms with Crippen molar-refractivity contribution in [3.63, 3.8) is 0 Å². The van der Waals surface area contributed by atoms with Crippen LogP contribution in [0.4, 0.5) is 10.5 Å². The molecule has 1 heterocycles. The van der Waals surface area contributed by atoms with Crippen LogP contribution in [-0.4, -0.2) is 27.4 Å². The largest absolute Gasteiger partial charge is 0.448 e. The van der Waals surface area contributed by atoms with Gasteiger partial charge in [-0.2, -0.15) is 5.26 Å². The summed E-state index contributed by atoms with van der Waals surface area (Å²) in [5.74, 6) is -0.858. The number of nitrogens with zero attached hydrogens (tertiary/aromatic N) is 4. The van der Waals surface area contributed by atoms with Gasteiger partial charge in [0.15, 0.2) is 0 Å². The average Bonchev–Trinajstić information content (AvgIpc) is 2.61. The van der Waals surface area contributed by atoms with Crippen LogP contribution >= 0.6 is 0 Å². The fourth-order valence-electron chi connectivity index (χ4n) is 2.86. The van der Waals surface area contributed by atoms with Gasteiger partial charge in [-0.3, -0.25) is 20.2 Å². The van der Waals surface area contributed by atoms with Crippen LogP contribution in [0.5, 0.6) is 0 Å². The minimum Gasteiger partial charge on any atom is -0.448 e. The molecule has 0 radical (unpaired) electrons. The van der Waals surface area contributed by atoms with E-state index < -0.39 is 21.9 Å². The Bertz CT molecular complexity index is 899. The minimum atomic E-state index is -0.858. The number of nitro groups is 2. The normalized spacial score (nSPS) is 16.4. The Morgan fingerprint density at radius 3 is 2.59 bits per heavy atom. The summed E-state index contributed by atoms with van der Waals surface area (Å²) < 4.78 is 4.96. The number of benzene rings is 1. The van der Waals surface area contributed by atoms with E-state index >= 15 is 0 Å². The van der Waals surface area contributed by atoms with Gasteiger partial charge in [-0.25, -0.2) is 9.69 Å². The molecule has 0 bridgehead atoms. The van der Waals surface area contributed by atoms with E-state index in [1.165, 1.54) is 31.2 Å². The lowest BCUT2D eigenvalue weighted by Gasteiger charge is -2.29. The van der Waals surface area contributed by atoms with Crippen molar-refractivity contribution in [3.8, 4) is 6.07 Å². The van der Waals surface area contributed by atoms with Crippen molar-refractivity contribution in [3.05, 3.63) is 73.2 Å². The summed E-state index contributed by atoms with van der Waals surface area (Å²) in [6.07, 6.45) is 0.660. The highest BCUT2D eigenvalue weighted by atomic mass is 16.6. The van der Waals surface area contributed by atoms with E-state index in [9.17, 15) is 25.0 Å². The summed E-state index contributed by atoms with van der Waals surface area (Å²) in [5.41, 5.74) is 0.345. The Balaban J connectivity index is 2.46. The molecule has 1 aliphatic heterocycles. The molecule has 10 heteroatoms. The second kappa shape index (κ2) is 8.09. The van der Waals surface area contributed by atoms with Crippen LogP contribution in [0, 0.1) is 31.6 Å². The summed E-state index contributed by atoms with van der Waals surface area (Å²) in [7, 11) is 0. The van der Waals surface area contributed by atoms with Crippen LogP contribution in [0.15, 0.2) is 47.4 Å². The summed E-state index contributed by atoms with van der Waals surface area (Å²) in [5, 5.41) is 31.2. The van der Waals surface area contributed by atoms with Gasteiger partial charge in [-0.1, -0.05) is 12.1 Å². The van der Waals surface area contributed by atoms with Crippen LogP contribution in [0.2, 0.25) is 0 Å². The van der Waals surface area contributed by atoms with Crippen LogP contribution < -0.4 is 0 Å². The lowest BCUT2D eigenvalue weighted by molar-refractivity contribution is -0.431. The van der Waals surface area contributed by atoms with Crippen LogP contribution in [-0.2, 0) is 4.74 Å². The summed E-state index contributed by atoms with van der Waals surface area (Å²) in [6.45, 7) is 2.86. The fraction of sp³-hybridized carbons (Fsp3) is 0.294. The maximum Gasteiger partial charge on any atom is 0.418 e. The first kappa shape index (κ1) is 19.6. The number of amides is 1. The van der Waals surface area contributed by atoms with E-state index in [1.54, 1.807) is 13.0 Å². The number of hydrogen-bond acceptors (Lipinski definition) is 7. The quantitative estimate of drug-likeness (QED) is 0.438. The number of carbonyl (C=O) groups excluding carboxylic acids is 1. The smallest absolute Gasteiger partial charge is 0.418 e. The predicted octanol–water partition coefficient (Wildman–Crippen LogP) is 3.46. The highest BCUT2D eigenvalue weighted by molar-refractivity contribution is 5.73. The maximum atomic E-state index is 12.3. The first-order valence-corrected chi connectivity index (χ1v) is 7.89. The molecule has 1 aromatic rings. The fourth-order valence-corrected chi connectivity index (χ4v) is 2.86. The molecule has 1 amide bonds. The molecular formula is C17H16N4O6. The summed E-state index contributed by atoms with van der Waals surface area (Å²) >= 11 is 0. The molecule has 1 aromatic carbocycles. The number of non-ortho nitro benzene ring substituents is 1. The Morgan fingerprint density at radius 2 is 2.00 bits per heavy atom. The van der Waals surface area contributed by atoms with Crippen molar-refractivity contribution in [2.24, 2.45) is 0 Å². The summed E-state index contributed by atoms with van der Waals surface area (Å²) in [6, 6.07) is 7.40. The maximum absolute atomic E-state index is 12.3. The van der Waals surface area contributed by atoms with Crippen molar-refractivity contribution in [1.29, 1.82) is 5.26 Å². The van der Waals surface area contributed by atoms with Crippen LogP contribution in [0.3, 0.4) is 0 Å². The van der Waals surface area contributed by atoms with Gasteiger partial charge < -0.3 is 4.74 Å². The number of allylic oxidation sites excluding steroid dienone is 3. The molecule has 0 saturated heterocycles. The zero-order valence-corrected chi connectivity index (χ0v) is 14.6. The average molecular weight is 372 g/mol. The van der Waals surface area contributed by atoms with E-state index in [0.717, 1.165) is 4.90 Å². The molecule has 10 nitrogen and oxygen atoms in total. The molecule has 0 saturated carbocycles. The molecule has 0 aromatic heterocycles. The van der Waals surface area contributed by atoms with E-state index in [-0.39, 0.29) is 30.1 Å². The lowest BCUT2D eigenvalue weighted by atomic mass is 9.90. The molecule has 2 rings (SSSR count). The molecule has 0 spiro atoms. The number of carbonyl (C=O) groups is 1. The van der Waals surface area contributed by atoms with Crippen molar-refractivity contribution in [2.75, 3.05) is 6.61 Å². The zero-order chi connectivity index (χ0) is 20.1. The number of nitro benzene ring substituents is 1. The third-order valence-electron chi connectivity index (χ3n) is 4.02. The monoisotopic (exact) mass is 372 g/mol. The van der Waals surface area contributed by atoms with Crippen molar-refractivity contribution >= 4 is 11.8 Å². The number of hydrogen-bond donors (Lipinski definition) is 0. The molecule has 0 fully saturated rings. The highest BCUT2D eigenvalue weighted by Gasteiger charge is 2.37. The molecule has 0 N–H and O–H groups in total. The molecule has 140 valence electrons. The van der Waals surface area contributed by atoms with E-state index in [0.29, 0.717) is 11.3 Å². The number of rotatable bonds is 5. The van der Waals surface area contributed by atoms with Crippen LogP contribution in [0.1, 0.15) is 31.7 Å². The molecule has 1 aliphatic rings. The molecule has 1 atom stereocenters. The standard InChI is InChI=1S/C17H16N4O6/c1-11-9-15(13-5-3-6-14(10-13)20(23)24)16(21(25)26)12(2)19(11)17(22)27-8-4-7-18/h3,5-6,9-10,15H,4,8H2,1-2H3. The Morgan fingerprint density at radius 1 is 1.30 bits per heavy atom. The topological polar surface area (TPSA) is 140 Å². The minimum absolute atomic E-state index is 0.00348. The lowest BCUT2D eigenvalue weighted by Crippen LogP contribution is -2.34. The third-order valence-corrected chi connectivity index (χ3v) is 4.02. The van der Waals surface area contributed by atoms with Gasteiger partial charge in [-0.05, 0) is 25.5 Å². The second-order valence-corrected chi connectivity index (χ2v) is 5.72. The SMILES string of the molecule is CC1=CC(c2cccc([N+](=O)[O-])c2)C([N+](=O)[O-])=C(C)N1C(=O)OCCC#N. The number of nitriles is 1. The van der Waals surface area contributed by atoms with E-state index in [1.807, 2.05) is 6.07 Å². The van der Waals surface area contributed by atoms with Gasteiger partial charge in [0, 0.05) is 17.8 Å². The van der Waals surface area contributed by atoms with E-state index in [4.69, 9.17) is 10.00 Å². The van der Waals surface area contributed by atoms with Gasteiger partial charge in [0.05, 0.1) is 34.0 Å². The van der Waals surface area contributed by atoms with Gasteiger partial charge in [0.25, 0.3) is 11.4 Å². The second-order valence-electron chi connectivity index (χ2n) is 5.72. The molecule has 0 aliphatic carbocycles. The van der Waals surface area contributed by atoms with Gasteiger partial charge in [-0.15, -0.1) is 0 Å². The number of ether oxygens (including phenoxy) is 1. The van der Waals surface area contributed by atoms with Gasteiger partial charge >= 0.3 is 6.09 Å². The highest BCUT2D eigenvalue weighted by Crippen LogP contribution is 2.37. The van der Waals surface area contributed by atoms with Crippen LogP contribution in [0.25, 0.3) is 0 Å². The van der Waals surface area contributed by atoms with Crippen molar-refractivity contribution in [2.45, 2.75) is 26.2 Å². The Hall–Kier alpha value is -3.74. The first-order valence-electron chi connectivity index (χ1n) is 7.89.